The van der Waals surface area contributed by atoms with E-state index in [2.05, 4.69) is 12.2 Å². The molecule has 0 aliphatic heterocycles. The summed E-state index contributed by atoms with van der Waals surface area (Å²) < 4.78 is 10.4. The third-order valence-corrected chi connectivity index (χ3v) is 3.30. The Morgan fingerprint density at radius 2 is 2.06 bits per heavy atom. The van der Waals surface area contributed by atoms with Crippen LogP contribution in [0.5, 0.6) is 0 Å². The molecule has 3 heteroatoms. The first kappa shape index (κ1) is 13.9. The van der Waals surface area contributed by atoms with Gasteiger partial charge in [-0.15, -0.1) is 0 Å². The predicted octanol–water partition coefficient (Wildman–Crippen LogP) is 2.07. The van der Waals surface area contributed by atoms with Crippen LogP contribution in [0.1, 0.15) is 32.6 Å². The number of hydrogen-bond donors (Lipinski definition) is 1. The van der Waals surface area contributed by atoms with Crippen LogP contribution < -0.4 is 5.32 Å². The second-order valence-electron chi connectivity index (χ2n) is 4.95. The molecule has 1 fully saturated rings. The van der Waals surface area contributed by atoms with Gasteiger partial charge in [-0.2, -0.15) is 0 Å². The molecule has 1 saturated carbocycles. The number of rotatable bonds is 9. The van der Waals surface area contributed by atoms with Crippen LogP contribution in [-0.2, 0) is 9.47 Å². The van der Waals surface area contributed by atoms with Crippen LogP contribution in [0.25, 0.3) is 0 Å². The zero-order valence-electron chi connectivity index (χ0n) is 10.8. The van der Waals surface area contributed by atoms with Gasteiger partial charge in [0.15, 0.2) is 0 Å². The highest BCUT2D eigenvalue weighted by Crippen LogP contribution is 2.29. The summed E-state index contributed by atoms with van der Waals surface area (Å²) in [6, 6.07) is 0. The van der Waals surface area contributed by atoms with E-state index in [0.717, 1.165) is 44.6 Å². The lowest BCUT2D eigenvalue weighted by Crippen LogP contribution is -2.25. The summed E-state index contributed by atoms with van der Waals surface area (Å²) in [4.78, 5) is 0. The van der Waals surface area contributed by atoms with Crippen molar-refractivity contribution < 1.29 is 9.47 Å². The summed E-state index contributed by atoms with van der Waals surface area (Å²) in [5, 5.41) is 3.48. The second kappa shape index (κ2) is 8.97. The van der Waals surface area contributed by atoms with Crippen LogP contribution in [0.2, 0.25) is 0 Å². The molecule has 1 aliphatic rings. The Morgan fingerprint density at radius 3 is 2.75 bits per heavy atom. The third kappa shape index (κ3) is 6.46. The van der Waals surface area contributed by atoms with E-state index in [1.54, 1.807) is 7.11 Å². The Labute approximate surface area is 99.9 Å². The Balaban J connectivity index is 1.78. The lowest BCUT2D eigenvalue weighted by molar-refractivity contribution is 0.104. The summed E-state index contributed by atoms with van der Waals surface area (Å²) in [6.45, 7) is 6.96. The molecule has 0 radical (unpaired) electrons. The van der Waals surface area contributed by atoms with Gasteiger partial charge >= 0.3 is 0 Å². The van der Waals surface area contributed by atoms with E-state index in [4.69, 9.17) is 9.47 Å². The minimum Gasteiger partial charge on any atom is -0.385 e. The van der Waals surface area contributed by atoms with Crippen molar-refractivity contribution in [3.8, 4) is 0 Å². The number of nitrogens with one attached hydrogen (secondary N) is 1. The van der Waals surface area contributed by atoms with Gasteiger partial charge in [0.1, 0.15) is 0 Å². The van der Waals surface area contributed by atoms with Crippen LogP contribution in [0.3, 0.4) is 0 Å². The molecular weight excluding hydrogens is 202 g/mol. The normalized spacial score (nSPS) is 25.1. The van der Waals surface area contributed by atoms with Crippen molar-refractivity contribution in [3.05, 3.63) is 0 Å². The van der Waals surface area contributed by atoms with Gasteiger partial charge in [0.05, 0.1) is 6.61 Å². The Kier molecular flexibility index (Phi) is 7.81. The van der Waals surface area contributed by atoms with Gasteiger partial charge in [-0.05, 0) is 37.6 Å². The van der Waals surface area contributed by atoms with Crippen molar-refractivity contribution in [2.24, 2.45) is 11.8 Å². The summed E-state index contributed by atoms with van der Waals surface area (Å²) >= 11 is 0. The molecule has 0 aromatic rings. The van der Waals surface area contributed by atoms with Crippen LogP contribution in [0.15, 0.2) is 0 Å². The fourth-order valence-electron chi connectivity index (χ4n) is 2.37. The number of hydrogen-bond acceptors (Lipinski definition) is 3. The maximum Gasteiger partial charge on any atom is 0.0590 e. The molecule has 3 nitrogen and oxygen atoms in total. The van der Waals surface area contributed by atoms with Crippen molar-refractivity contribution in [1.29, 1.82) is 0 Å². The molecule has 0 heterocycles. The molecule has 96 valence electrons. The fraction of sp³-hybridized carbons (Fsp3) is 1.00. The molecule has 1 rings (SSSR count). The highest BCUT2D eigenvalue weighted by Gasteiger charge is 2.20. The Hall–Kier alpha value is -0.120. The number of ether oxygens (including phenoxy) is 2. The molecule has 1 aliphatic carbocycles. The molecule has 16 heavy (non-hydrogen) atoms. The van der Waals surface area contributed by atoms with Crippen LogP contribution in [0.4, 0.5) is 0 Å². The second-order valence-corrected chi connectivity index (χ2v) is 4.95. The molecule has 0 spiro atoms. The van der Waals surface area contributed by atoms with Crippen molar-refractivity contribution >= 4 is 0 Å². The van der Waals surface area contributed by atoms with Crippen molar-refractivity contribution in [2.75, 3.05) is 40.0 Å². The molecule has 2 unspecified atom stereocenters. The van der Waals surface area contributed by atoms with Crippen LogP contribution in [-0.4, -0.2) is 40.0 Å². The lowest BCUT2D eigenvalue weighted by Gasteiger charge is -2.11. The molecular formula is C13H27NO2. The average molecular weight is 229 g/mol. The minimum atomic E-state index is 0.799. The summed E-state index contributed by atoms with van der Waals surface area (Å²) in [7, 11) is 1.73. The van der Waals surface area contributed by atoms with Gasteiger partial charge in [-0.25, -0.2) is 0 Å². The van der Waals surface area contributed by atoms with E-state index < -0.39 is 0 Å². The van der Waals surface area contributed by atoms with Crippen molar-refractivity contribution in [1.82, 2.24) is 5.32 Å². The minimum absolute atomic E-state index is 0.799. The monoisotopic (exact) mass is 229 g/mol. The van der Waals surface area contributed by atoms with Gasteiger partial charge < -0.3 is 14.8 Å². The van der Waals surface area contributed by atoms with E-state index in [1.165, 1.54) is 25.8 Å². The molecule has 0 bridgehead atoms. The maximum atomic E-state index is 5.48. The van der Waals surface area contributed by atoms with E-state index in [9.17, 15) is 0 Å². The van der Waals surface area contributed by atoms with Gasteiger partial charge in [0.25, 0.3) is 0 Å². The smallest absolute Gasteiger partial charge is 0.0590 e. The van der Waals surface area contributed by atoms with Crippen molar-refractivity contribution in [3.63, 3.8) is 0 Å². The maximum absolute atomic E-state index is 5.48. The zero-order chi connectivity index (χ0) is 11.6. The van der Waals surface area contributed by atoms with Gasteiger partial charge in [-0.3, -0.25) is 0 Å². The van der Waals surface area contributed by atoms with Crippen molar-refractivity contribution in [2.45, 2.75) is 32.6 Å². The number of methoxy groups -OCH3 is 1. The molecule has 2 atom stereocenters. The Bertz CT molecular complexity index is 164. The van der Waals surface area contributed by atoms with E-state index in [1.807, 2.05) is 0 Å². The first-order chi connectivity index (χ1) is 7.83. The molecule has 1 N–H and O–H groups in total. The summed E-state index contributed by atoms with van der Waals surface area (Å²) in [5.41, 5.74) is 0. The van der Waals surface area contributed by atoms with Crippen LogP contribution in [0, 0.1) is 11.8 Å². The first-order valence-corrected chi connectivity index (χ1v) is 6.60. The average Bonchev–Trinajstić information content (AvgIpc) is 2.68. The van der Waals surface area contributed by atoms with E-state index in [0.29, 0.717) is 0 Å². The standard InChI is InChI=1S/C13H27NO2/c1-12-4-5-13(10-12)11-14-6-9-16-8-3-7-15-2/h12-14H,3-11H2,1-2H3. The largest absolute Gasteiger partial charge is 0.385 e. The highest BCUT2D eigenvalue weighted by atomic mass is 16.5. The lowest BCUT2D eigenvalue weighted by atomic mass is 10.1. The van der Waals surface area contributed by atoms with Gasteiger partial charge in [0.2, 0.25) is 0 Å². The van der Waals surface area contributed by atoms with E-state index >= 15 is 0 Å². The van der Waals surface area contributed by atoms with Gasteiger partial charge in [0, 0.05) is 26.9 Å². The molecule has 0 saturated heterocycles. The highest BCUT2D eigenvalue weighted by molar-refractivity contribution is 4.74. The van der Waals surface area contributed by atoms with Crippen LogP contribution >= 0.6 is 0 Å². The topological polar surface area (TPSA) is 30.5 Å². The third-order valence-electron chi connectivity index (χ3n) is 3.30. The molecule has 0 aromatic heterocycles. The molecule has 0 aromatic carbocycles. The molecule has 0 amide bonds. The quantitative estimate of drug-likeness (QED) is 0.614. The Morgan fingerprint density at radius 1 is 1.19 bits per heavy atom. The first-order valence-electron chi connectivity index (χ1n) is 6.60. The zero-order valence-corrected chi connectivity index (χ0v) is 10.8. The SMILES string of the molecule is COCCCOCCNCC1CCC(C)C1. The fourth-order valence-corrected chi connectivity index (χ4v) is 2.37. The predicted molar refractivity (Wildman–Crippen MR) is 66.7 cm³/mol. The van der Waals surface area contributed by atoms with Gasteiger partial charge in [-0.1, -0.05) is 13.3 Å². The summed E-state index contributed by atoms with van der Waals surface area (Å²) in [5.74, 6) is 1.85. The summed E-state index contributed by atoms with van der Waals surface area (Å²) in [6.07, 6.45) is 5.22. The van der Waals surface area contributed by atoms with E-state index in [-0.39, 0.29) is 0 Å².